The topological polar surface area (TPSA) is 70.2 Å². The minimum atomic E-state index is -0.0530. The number of anilines is 2. The van der Waals surface area contributed by atoms with Gasteiger partial charge in [-0.1, -0.05) is 17.2 Å². The van der Waals surface area contributed by atoms with Gasteiger partial charge in [-0.15, -0.1) is 0 Å². The van der Waals surface area contributed by atoms with E-state index in [0.717, 1.165) is 35.7 Å². The van der Waals surface area contributed by atoms with Crippen molar-refractivity contribution in [2.45, 2.75) is 40.0 Å². The molecular weight excluding hydrogens is 338 g/mol. The summed E-state index contributed by atoms with van der Waals surface area (Å²) in [6.45, 7) is 9.20. The fraction of sp³-hybridized carbons (Fsp3) is 0.476. The Bertz CT molecular complexity index is 779. The van der Waals surface area contributed by atoms with Crippen molar-refractivity contribution < 1.29 is 4.79 Å². The molecule has 6 heteroatoms. The van der Waals surface area contributed by atoms with E-state index in [-0.39, 0.29) is 5.91 Å². The zero-order chi connectivity index (χ0) is 19.2. The van der Waals surface area contributed by atoms with Crippen LogP contribution in [0.3, 0.4) is 0 Å². The van der Waals surface area contributed by atoms with E-state index < -0.39 is 0 Å². The number of nitrogens with one attached hydrogen (secondary N) is 2. The summed E-state index contributed by atoms with van der Waals surface area (Å²) in [5.74, 6) is 1.56. The van der Waals surface area contributed by atoms with Crippen molar-refractivity contribution in [3.05, 3.63) is 46.6 Å². The van der Waals surface area contributed by atoms with Gasteiger partial charge in [0.2, 0.25) is 5.95 Å². The van der Waals surface area contributed by atoms with Gasteiger partial charge in [0.15, 0.2) is 0 Å². The van der Waals surface area contributed by atoms with Crippen LogP contribution >= 0.6 is 0 Å². The summed E-state index contributed by atoms with van der Waals surface area (Å²) in [4.78, 5) is 23.7. The van der Waals surface area contributed by atoms with E-state index in [9.17, 15) is 4.79 Å². The molecule has 1 aromatic heterocycles. The van der Waals surface area contributed by atoms with Gasteiger partial charge in [0.1, 0.15) is 5.82 Å². The molecule has 1 amide bonds. The monoisotopic (exact) mass is 367 g/mol. The number of piperidine rings is 1. The summed E-state index contributed by atoms with van der Waals surface area (Å²) in [6, 6.07) is 7.92. The Morgan fingerprint density at radius 2 is 1.67 bits per heavy atom. The molecule has 0 radical (unpaired) electrons. The Hall–Kier alpha value is -2.63. The van der Waals surface area contributed by atoms with Crippen LogP contribution in [0, 0.1) is 20.8 Å². The summed E-state index contributed by atoms with van der Waals surface area (Å²) in [5, 5.41) is 6.18. The van der Waals surface area contributed by atoms with Crippen molar-refractivity contribution in [2.75, 3.05) is 36.4 Å². The van der Waals surface area contributed by atoms with Gasteiger partial charge >= 0.3 is 0 Å². The standard InChI is InChI=1S/C21H29N5O/c1-15-11-16(2)13-18(12-15)20(27)22-7-8-23-21-24-17(3)14-19(25-21)26-9-5-4-6-10-26/h11-14H,4-10H2,1-3H3,(H,22,27)(H,23,24,25). The number of carbonyl (C=O) groups excluding carboxylic acids is 1. The highest BCUT2D eigenvalue weighted by Crippen LogP contribution is 2.19. The summed E-state index contributed by atoms with van der Waals surface area (Å²) >= 11 is 0. The summed E-state index contributed by atoms with van der Waals surface area (Å²) < 4.78 is 0. The van der Waals surface area contributed by atoms with Gasteiger partial charge < -0.3 is 15.5 Å². The quantitative estimate of drug-likeness (QED) is 0.767. The summed E-state index contributed by atoms with van der Waals surface area (Å²) in [7, 11) is 0. The highest BCUT2D eigenvalue weighted by Gasteiger charge is 2.14. The molecule has 1 aliphatic rings. The Balaban J connectivity index is 1.52. The maximum Gasteiger partial charge on any atom is 0.251 e. The molecule has 0 bridgehead atoms. The zero-order valence-electron chi connectivity index (χ0n) is 16.5. The molecule has 6 nitrogen and oxygen atoms in total. The van der Waals surface area contributed by atoms with Crippen molar-refractivity contribution >= 4 is 17.7 Å². The van der Waals surface area contributed by atoms with E-state index in [0.29, 0.717) is 24.6 Å². The third kappa shape index (κ3) is 5.42. The molecule has 0 saturated carbocycles. The van der Waals surface area contributed by atoms with Crippen LogP contribution in [0.25, 0.3) is 0 Å². The first-order valence-electron chi connectivity index (χ1n) is 9.72. The first kappa shape index (κ1) is 19.1. The van der Waals surface area contributed by atoms with Crippen molar-refractivity contribution in [1.82, 2.24) is 15.3 Å². The predicted molar refractivity (Wildman–Crippen MR) is 110 cm³/mol. The van der Waals surface area contributed by atoms with E-state index in [2.05, 4.69) is 31.6 Å². The average Bonchev–Trinajstić information content (AvgIpc) is 2.64. The third-order valence-electron chi connectivity index (χ3n) is 4.70. The molecule has 0 spiro atoms. The lowest BCUT2D eigenvalue weighted by molar-refractivity contribution is 0.0955. The second kappa shape index (κ2) is 8.84. The van der Waals surface area contributed by atoms with Crippen molar-refractivity contribution in [1.29, 1.82) is 0 Å². The average molecular weight is 367 g/mol. The molecule has 2 N–H and O–H groups in total. The van der Waals surface area contributed by atoms with Crippen LogP contribution in [0.15, 0.2) is 24.3 Å². The minimum absolute atomic E-state index is 0.0530. The van der Waals surface area contributed by atoms with Crippen LogP contribution in [0.4, 0.5) is 11.8 Å². The molecule has 2 heterocycles. The molecule has 144 valence electrons. The smallest absolute Gasteiger partial charge is 0.251 e. The molecule has 2 aromatic rings. The van der Waals surface area contributed by atoms with Crippen LogP contribution in [0.1, 0.15) is 46.4 Å². The molecule has 27 heavy (non-hydrogen) atoms. The molecule has 0 atom stereocenters. The number of hydrogen-bond donors (Lipinski definition) is 2. The van der Waals surface area contributed by atoms with Gasteiger partial charge in [0, 0.05) is 43.5 Å². The van der Waals surface area contributed by atoms with Gasteiger partial charge in [-0.05, 0) is 52.2 Å². The second-order valence-corrected chi connectivity index (χ2v) is 7.30. The van der Waals surface area contributed by atoms with E-state index in [1.165, 1.54) is 19.3 Å². The number of amides is 1. The number of benzene rings is 1. The number of hydrogen-bond acceptors (Lipinski definition) is 5. The first-order chi connectivity index (χ1) is 13.0. The lowest BCUT2D eigenvalue weighted by Crippen LogP contribution is -2.31. The Kier molecular flexibility index (Phi) is 6.27. The van der Waals surface area contributed by atoms with Crippen molar-refractivity contribution in [2.24, 2.45) is 0 Å². The molecule has 1 saturated heterocycles. The first-order valence-corrected chi connectivity index (χ1v) is 9.72. The van der Waals surface area contributed by atoms with Gasteiger partial charge in [0.05, 0.1) is 0 Å². The lowest BCUT2D eigenvalue weighted by atomic mass is 10.1. The second-order valence-electron chi connectivity index (χ2n) is 7.30. The molecule has 3 rings (SSSR count). The van der Waals surface area contributed by atoms with Crippen LogP contribution < -0.4 is 15.5 Å². The third-order valence-corrected chi connectivity index (χ3v) is 4.70. The molecule has 0 unspecified atom stereocenters. The minimum Gasteiger partial charge on any atom is -0.356 e. The Morgan fingerprint density at radius 3 is 2.37 bits per heavy atom. The fourth-order valence-electron chi connectivity index (χ4n) is 3.47. The van der Waals surface area contributed by atoms with Gasteiger partial charge in [-0.3, -0.25) is 4.79 Å². The number of rotatable bonds is 6. The molecule has 1 fully saturated rings. The predicted octanol–water partition coefficient (Wildman–Crippen LogP) is 3.23. The number of aryl methyl sites for hydroxylation is 3. The number of aromatic nitrogens is 2. The van der Waals surface area contributed by atoms with Crippen LogP contribution in [0.2, 0.25) is 0 Å². The van der Waals surface area contributed by atoms with Gasteiger partial charge in [0.25, 0.3) is 5.91 Å². The van der Waals surface area contributed by atoms with Crippen LogP contribution in [0.5, 0.6) is 0 Å². The summed E-state index contributed by atoms with van der Waals surface area (Å²) in [5.41, 5.74) is 3.84. The Morgan fingerprint density at radius 1 is 0.963 bits per heavy atom. The van der Waals surface area contributed by atoms with E-state index >= 15 is 0 Å². The van der Waals surface area contributed by atoms with Crippen LogP contribution in [-0.4, -0.2) is 42.1 Å². The zero-order valence-corrected chi connectivity index (χ0v) is 16.5. The number of carbonyl (C=O) groups is 1. The molecule has 0 aliphatic carbocycles. The number of nitrogens with zero attached hydrogens (tertiary/aromatic N) is 3. The fourth-order valence-corrected chi connectivity index (χ4v) is 3.47. The highest BCUT2D eigenvalue weighted by atomic mass is 16.1. The maximum absolute atomic E-state index is 12.3. The Labute approximate surface area is 161 Å². The maximum atomic E-state index is 12.3. The van der Waals surface area contributed by atoms with E-state index in [1.54, 1.807) is 0 Å². The van der Waals surface area contributed by atoms with Crippen molar-refractivity contribution in [3.8, 4) is 0 Å². The normalized spacial score (nSPS) is 14.1. The molecule has 1 aromatic carbocycles. The summed E-state index contributed by atoms with van der Waals surface area (Å²) in [6.07, 6.45) is 3.73. The molecular formula is C21H29N5O. The van der Waals surface area contributed by atoms with Gasteiger partial charge in [-0.25, -0.2) is 4.98 Å². The lowest BCUT2D eigenvalue weighted by Gasteiger charge is -2.28. The largest absolute Gasteiger partial charge is 0.356 e. The van der Waals surface area contributed by atoms with Crippen LogP contribution in [-0.2, 0) is 0 Å². The van der Waals surface area contributed by atoms with E-state index in [4.69, 9.17) is 0 Å². The highest BCUT2D eigenvalue weighted by molar-refractivity contribution is 5.94. The SMILES string of the molecule is Cc1cc(C)cc(C(=O)NCCNc2nc(C)cc(N3CCCCC3)n2)c1. The van der Waals surface area contributed by atoms with Crippen molar-refractivity contribution in [3.63, 3.8) is 0 Å². The molecule has 1 aliphatic heterocycles. The van der Waals surface area contributed by atoms with E-state index in [1.807, 2.05) is 39.0 Å². The van der Waals surface area contributed by atoms with Gasteiger partial charge in [-0.2, -0.15) is 4.98 Å².